The van der Waals surface area contributed by atoms with Crippen molar-refractivity contribution in [3.63, 3.8) is 0 Å². The molecule has 3 rings (SSSR count). The number of carbonyl (C=O) groups is 1. The van der Waals surface area contributed by atoms with Gasteiger partial charge < -0.3 is 5.32 Å². The maximum absolute atomic E-state index is 12.6. The number of aryl methyl sites for hydroxylation is 1. The number of nitrogens with zero attached hydrogens (tertiary/aromatic N) is 4. The van der Waals surface area contributed by atoms with E-state index in [-0.39, 0.29) is 17.9 Å². The van der Waals surface area contributed by atoms with E-state index in [0.717, 1.165) is 22.2 Å². The Morgan fingerprint density at radius 3 is 2.72 bits per heavy atom. The lowest BCUT2D eigenvalue weighted by Crippen LogP contribution is -2.26. The molecule has 0 aliphatic heterocycles. The Kier molecular flexibility index (Phi) is 4.11. The summed E-state index contributed by atoms with van der Waals surface area (Å²) in [5.41, 5.74) is -0.901. The highest BCUT2D eigenvalue weighted by atomic mass is 32.1. The van der Waals surface area contributed by atoms with Crippen LogP contribution in [0.25, 0.3) is 4.96 Å². The van der Waals surface area contributed by atoms with Crippen LogP contribution in [0.3, 0.4) is 0 Å². The van der Waals surface area contributed by atoms with Gasteiger partial charge in [-0.2, -0.15) is 18.3 Å². The Balaban J connectivity index is 2.01. The highest BCUT2D eigenvalue weighted by Crippen LogP contribution is 2.28. The zero-order chi connectivity index (χ0) is 18.4. The molecule has 0 aliphatic rings. The predicted octanol–water partition coefficient (Wildman–Crippen LogP) is 1.69. The van der Waals surface area contributed by atoms with Crippen molar-refractivity contribution in [1.29, 1.82) is 0 Å². The third kappa shape index (κ3) is 3.14. The van der Waals surface area contributed by atoms with Gasteiger partial charge in [0.2, 0.25) is 0 Å². The Morgan fingerprint density at radius 1 is 1.40 bits per heavy atom. The van der Waals surface area contributed by atoms with Gasteiger partial charge in [-0.3, -0.25) is 14.3 Å². The van der Waals surface area contributed by atoms with Crippen LogP contribution < -0.4 is 10.9 Å². The number of fused-ring (bicyclic) bond motifs is 1. The number of amides is 1. The fraction of sp³-hybridized carbons (Fsp3) is 0.286. The van der Waals surface area contributed by atoms with Gasteiger partial charge in [-0.25, -0.2) is 9.38 Å². The van der Waals surface area contributed by atoms with E-state index < -0.39 is 23.2 Å². The lowest BCUT2D eigenvalue weighted by molar-refractivity contribution is -0.137. The molecule has 0 aromatic carbocycles. The lowest BCUT2D eigenvalue weighted by Gasteiger charge is -2.04. The summed E-state index contributed by atoms with van der Waals surface area (Å²) in [5.74, 6) is -0.415. The van der Waals surface area contributed by atoms with Gasteiger partial charge in [0.15, 0.2) is 4.96 Å². The van der Waals surface area contributed by atoms with Gasteiger partial charge in [0.25, 0.3) is 11.5 Å². The molecule has 3 aromatic rings. The molecule has 0 unspecified atom stereocenters. The van der Waals surface area contributed by atoms with Crippen LogP contribution >= 0.6 is 11.3 Å². The van der Waals surface area contributed by atoms with Gasteiger partial charge in [0.05, 0.1) is 24.0 Å². The fourth-order valence-corrected chi connectivity index (χ4v) is 3.34. The van der Waals surface area contributed by atoms with Crippen molar-refractivity contribution >= 4 is 22.2 Å². The molecule has 11 heteroatoms. The van der Waals surface area contributed by atoms with Gasteiger partial charge in [0, 0.05) is 24.2 Å². The summed E-state index contributed by atoms with van der Waals surface area (Å²) in [6.07, 6.45) is -2.92. The van der Waals surface area contributed by atoms with Gasteiger partial charge in [-0.15, -0.1) is 11.3 Å². The van der Waals surface area contributed by atoms with Crippen LogP contribution in [0.4, 0.5) is 13.2 Å². The summed E-state index contributed by atoms with van der Waals surface area (Å²) < 4.78 is 40.1. The molecule has 3 aromatic heterocycles. The van der Waals surface area contributed by atoms with Crippen molar-refractivity contribution in [2.75, 3.05) is 7.05 Å². The van der Waals surface area contributed by atoms with E-state index in [1.807, 2.05) is 0 Å². The number of thiazole rings is 1. The minimum absolute atomic E-state index is 0.0892. The molecule has 0 atom stereocenters. The first-order valence-corrected chi connectivity index (χ1v) is 7.86. The van der Waals surface area contributed by atoms with Crippen molar-refractivity contribution < 1.29 is 18.0 Å². The van der Waals surface area contributed by atoms with E-state index in [4.69, 9.17) is 0 Å². The largest absolute Gasteiger partial charge is 0.419 e. The highest BCUT2D eigenvalue weighted by Gasteiger charge is 2.32. The molecule has 132 valence electrons. The monoisotopic (exact) mass is 371 g/mol. The molecule has 1 amide bonds. The summed E-state index contributed by atoms with van der Waals surface area (Å²) >= 11 is 1.15. The van der Waals surface area contributed by atoms with Crippen LogP contribution in [0.5, 0.6) is 0 Å². The third-order valence-electron chi connectivity index (χ3n) is 3.47. The van der Waals surface area contributed by atoms with Gasteiger partial charge in [0.1, 0.15) is 5.69 Å². The molecular weight excluding hydrogens is 359 g/mol. The highest BCUT2D eigenvalue weighted by molar-refractivity contribution is 7.17. The van der Waals surface area contributed by atoms with E-state index in [1.54, 1.807) is 6.92 Å². The quantitative estimate of drug-likeness (QED) is 0.760. The fourth-order valence-electron chi connectivity index (χ4n) is 2.35. The standard InChI is InChI=1S/C14H12F3N5O2S/c1-7-11(12(24)18-2)22-10(23)3-9(20-13(22)25-7)6-21-5-8(4-19-21)14(15,16)17/h3-5H,6H2,1-2H3,(H,18,24). The Morgan fingerprint density at radius 2 is 2.12 bits per heavy atom. The van der Waals surface area contributed by atoms with E-state index >= 15 is 0 Å². The number of hydrogen-bond acceptors (Lipinski definition) is 5. The van der Waals surface area contributed by atoms with Crippen molar-refractivity contribution in [1.82, 2.24) is 24.5 Å². The first-order chi connectivity index (χ1) is 11.7. The van der Waals surface area contributed by atoms with Crippen LogP contribution in [-0.4, -0.2) is 32.1 Å². The molecule has 0 bridgehead atoms. The van der Waals surface area contributed by atoms with Crippen molar-refractivity contribution in [2.45, 2.75) is 19.6 Å². The number of aromatic nitrogens is 4. The second kappa shape index (κ2) is 5.99. The predicted molar refractivity (Wildman–Crippen MR) is 83.8 cm³/mol. The second-order valence-electron chi connectivity index (χ2n) is 5.21. The van der Waals surface area contributed by atoms with Gasteiger partial charge in [-0.05, 0) is 6.92 Å². The minimum atomic E-state index is -4.48. The van der Waals surface area contributed by atoms with Crippen LogP contribution in [0.15, 0.2) is 23.3 Å². The Hall–Kier alpha value is -2.69. The number of hydrogen-bond donors (Lipinski definition) is 1. The zero-order valence-electron chi connectivity index (χ0n) is 13.1. The van der Waals surface area contributed by atoms with E-state index in [1.165, 1.54) is 17.5 Å². The van der Waals surface area contributed by atoms with Crippen LogP contribution in [-0.2, 0) is 12.7 Å². The molecule has 0 aliphatic carbocycles. The molecule has 1 N–H and O–H groups in total. The molecule has 3 heterocycles. The summed E-state index contributed by atoms with van der Waals surface area (Å²) in [6, 6.07) is 1.18. The minimum Gasteiger partial charge on any atom is -0.354 e. The number of carbonyl (C=O) groups excluding carboxylic acids is 1. The first-order valence-electron chi connectivity index (χ1n) is 7.04. The van der Waals surface area contributed by atoms with Crippen LogP contribution in [0, 0.1) is 6.92 Å². The van der Waals surface area contributed by atoms with Gasteiger partial charge in [-0.1, -0.05) is 0 Å². The molecule has 0 saturated carbocycles. The zero-order valence-corrected chi connectivity index (χ0v) is 13.9. The van der Waals surface area contributed by atoms with Crippen LogP contribution in [0.1, 0.15) is 26.6 Å². The smallest absolute Gasteiger partial charge is 0.354 e. The van der Waals surface area contributed by atoms with Crippen LogP contribution in [0.2, 0.25) is 0 Å². The lowest BCUT2D eigenvalue weighted by atomic mass is 10.3. The molecule has 0 saturated heterocycles. The number of alkyl halides is 3. The Labute approximate surface area is 142 Å². The topological polar surface area (TPSA) is 81.3 Å². The summed E-state index contributed by atoms with van der Waals surface area (Å²) in [6.45, 7) is 1.60. The van der Waals surface area contributed by atoms with Gasteiger partial charge >= 0.3 is 6.18 Å². The molecule has 7 nitrogen and oxygen atoms in total. The van der Waals surface area contributed by atoms with E-state index in [2.05, 4.69) is 15.4 Å². The van der Waals surface area contributed by atoms with Crippen molar-refractivity contribution in [2.24, 2.45) is 0 Å². The first kappa shape index (κ1) is 17.1. The number of rotatable bonds is 3. The number of halogens is 3. The molecule has 0 fully saturated rings. The van der Waals surface area contributed by atoms with E-state index in [0.29, 0.717) is 16.0 Å². The maximum Gasteiger partial charge on any atom is 0.419 e. The SMILES string of the molecule is CNC(=O)c1c(C)sc2nc(Cn3cc(C(F)(F)F)cn3)cc(=O)n12. The summed E-state index contributed by atoms with van der Waals surface area (Å²) in [4.78, 5) is 29.4. The average Bonchev–Trinajstić information content (AvgIpc) is 3.10. The molecule has 0 radical (unpaired) electrons. The third-order valence-corrected chi connectivity index (χ3v) is 4.43. The normalized spacial score (nSPS) is 11.9. The molecule has 0 spiro atoms. The Bertz CT molecular complexity index is 1020. The van der Waals surface area contributed by atoms with Crippen molar-refractivity contribution in [3.8, 4) is 0 Å². The van der Waals surface area contributed by atoms with Crippen molar-refractivity contribution in [3.05, 3.63) is 50.6 Å². The average molecular weight is 371 g/mol. The summed E-state index contributed by atoms with van der Waals surface area (Å²) in [5, 5.41) is 6.10. The second-order valence-corrected chi connectivity index (χ2v) is 6.40. The maximum atomic E-state index is 12.6. The summed E-state index contributed by atoms with van der Waals surface area (Å²) in [7, 11) is 1.45. The number of nitrogens with one attached hydrogen (secondary N) is 1. The molecular formula is C14H12F3N5O2S. The van der Waals surface area contributed by atoms with E-state index in [9.17, 15) is 22.8 Å². The molecule has 25 heavy (non-hydrogen) atoms.